The van der Waals surface area contributed by atoms with Gasteiger partial charge in [-0.05, 0) is 62.1 Å². The number of rotatable bonds is 6. The highest BCUT2D eigenvalue weighted by Crippen LogP contribution is 2.26. The Hall–Kier alpha value is -2.64. The van der Waals surface area contributed by atoms with Crippen LogP contribution in [0.25, 0.3) is 10.9 Å². The van der Waals surface area contributed by atoms with Crippen LogP contribution in [0.1, 0.15) is 43.4 Å². The minimum absolute atomic E-state index is 0.0780. The molecule has 164 valence electrons. The van der Waals surface area contributed by atoms with E-state index in [2.05, 4.69) is 5.32 Å². The van der Waals surface area contributed by atoms with Gasteiger partial charge in [-0.2, -0.15) is 4.31 Å². The topological polar surface area (TPSA) is 71.4 Å². The Balaban J connectivity index is 1.52. The number of carbonyl (C=O) groups excluding carboxylic acids is 1. The Morgan fingerprint density at radius 2 is 1.81 bits per heavy atom. The summed E-state index contributed by atoms with van der Waals surface area (Å²) in [6.07, 6.45) is 4.75. The number of benzene rings is 2. The lowest BCUT2D eigenvalue weighted by atomic mass is 10.1. The van der Waals surface area contributed by atoms with Crippen molar-refractivity contribution in [2.75, 3.05) is 13.1 Å². The van der Waals surface area contributed by atoms with E-state index < -0.39 is 16.1 Å². The largest absolute Gasteiger partial charge is 0.350 e. The van der Waals surface area contributed by atoms with Crippen LogP contribution in [0.15, 0.2) is 59.6 Å². The fraction of sp³-hybridized carbons (Fsp3) is 0.375. The van der Waals surface area contributed by atoms with Gasteiger partial charge in [0.25, 0.3) is 0 Å². The number of fused-ring (bicyclic) bond motifs is 1. The molecule has 0 spiro atoms. The highest BCUT2D eigenvalue weighted by atomic mass is 32.2. The fourth-order valence-corrected chi connectivity index (χ4v) is 5.71. The van der Waals surface area contributed by atoms with Gasteiger partial charge in [0.2, 0.25) is 15.9 Å². The van der Waals surface area contributed by atoms with Crippen molar-refractivity contribution in [2.24, 2.45) is 0 Å². The van der Waals surface area contributed by atoms with E-state index >= 15 is 0 Å². The lowest BCUT2D eigenvalue weighted by Crippen LogP contribution is -2.35. The normalized spacial score (nSPS) is 16.3. The summed E-state index contributed by atoms with van der Waals surface area (Å²) in [5.41, 5.74) is 3.08. The Kier molecular flexibility index (Phi) is 6.16. The first kappa shape index (κ1) is 21.6. The summed E-state index contributed by atoms with van der Waals surface area (Å²) in [6, 6.07) is 14.6. The molecule has 1 N–H and O–H groups in total. The van der Waals surface area contributed by atoms with Crippen molar-refractivity contribution in [1.82, 2.24) is 14.2 Å². The smallest absolute Gasteiger partial charge is 0.243 e. The Morgan fingerprint density at radius 3 is 2.55 bits per heavy atom. The third-order valence-electron chi connectivity index (χ3n) is 6.16. The molecule has 6 nitrogen and oxygen atoms in total. The maximum atomic E-state index is 13.0. The predicted molar refractivity (Wildman–Crippen MR) is 122 cm³/mol. The minimum Gasteiger partial charge on any atom is -0.350 e. The third kappa shape index (κ3) is 4.38. The zero-order valence-electron chi connectivity index (χ0n) is 18.0. The second kappa shape index (κ2) is 8.85. The second-order valence-corrected chi connectivity index (χ2v) is 10.2. The van der Waals surface area contributed by atoms with E-state index in [-0.39, 0.29) is 5.91 Å². The number of piperidine rings is 1. The SMILES string of the molecule is Cc1ccccc1CNC(=O)[C@@H](C)n1ccc2cc(S(=O)(=O)N3CCCCC3)ccc21. The number of aromatic nitrogens is 1. The Labute approximate surface area is 183 Å². The number of nitrogens with zero attached hydrogens (tertiary/aromatic N) is 2. The minimum atomic E-state index is -3.48. The van der Waals surface area contributed by atoms with Gasteiger partial charge in [-0.15, -0.1) is 0 Å². The van der Waals surface area contributed by atoms with Gasteiger partial charge in [0.15, 0.2) is 0 Å². The molecule has 0 unspecified atom stereocenters. The molecule has 0 aliphatic carbocycles. The molecule has 3 aromatic rings. The predicted octanol–water partition coefficient (Wildman–Crippen LogP) is 4.00. The van der Waals surface area contributed by atoms with Gasteiger partial charge in [-0.1, -0.05) is 30.7 Å². The van der Waals surface area contributed by atoms with E-state index in [1.807, 2.05) is 54.9 Å². The molecule has 1 aliphatic heterocycles. The highest BCUT2D eigenvalue weighted by molar-refractivity contribution is 7.89. The van der Waals surface area contributed by atoms with Crippen LogP contribution < -0.4 is 5.32 Å². The number of hydrogen-bond acceptors (Lipinski definition) is 3. The lowest BCUT2D eigenvalue weighted by molar-refractivity contribution is -0.123. The van der Waals surface area contributed by atoms with Crippen molar-refractivity contribution >= 4 is 26.8 Å². The molecule has 1 atom stereocenters. The average molecular weight is 440 g/mol. The van der Waals surface area contributed by atoms with E-state index in [4.69, 9.17) is 0 Å². The van der Waals surface area contributed by atoms with Crippen LogP contribution in [0.2, 0.25) is 0 Å². The molecule has 31 heavy (non-hydrogen) atoms. The summed E-state index contributed by atoms with van der Waals surface area (Å²) in [4.78, 5) is 13.1. The molecule has 1 amide bonds. The highest BCUT2D eigenvalue weighted by Gasteiger charge is 2.26. The number of sulfonamides is 1. The van der Waals surface area contributed by atoms with Crippen LogP contribution >= 0.6 is 0 Å². The quantitative estimate of drug-likeness (QED) is 0.631. The second-order valence-electron chi connectivity index (χ2n) is 8.23. The van der Waals surface area contributed by atoms with Crippen molar-refractivity contribution in [3.05, 3.63) is 65.9 Å². The van der Waals surface area contributed by atoms with Crippen LogP contribution in [-0.2, 0) is 21.4 Å². The van der Waals surface area contributed by atoms with Gasteiger partial charge in [-0.3, -0.25) is 4.79 Å². The zero-order valence-corrected chi connectivity index (χ0v) is 18.9. The summed E-state index contributed by atoms with van der Waals surface area (Å²) in [5, 5.41) is 3.83. The van der Waals surface area contributed by atoms with Crippen LogP contribution in [0, 0.1) is 6.92 Å². The fourth-order valence-electron chi connectivity index (χ4n) is 4.16. The van der Waals surface area contributed by atoms with E-state index in [9.17, 15) is 13.2 Å². The molecule has 1 fully saturated rings. The number of aryl methyl sites for hydroxylation is 1. The van der Waals surface area contributed by atoms with E-state index in [0.717, 1.165) is 41.3 Å². The monoisotopic (exact) mass is 439 g/mol. The van der Waals surface area contributed by atoms with E-state index in [0.29, 0.717) is 24.5 Å². The van der Waals surface area contributed by atoms with Gasteiger partial charge in [0.05, 0.1) is 4.90 Å². The molecule has 2 heterocycles. The van der Waals surface area contributed by atoms with Gasteiger partial charge in [-0.25, -0.2) is 8.42 Å². The summed E-state index contributed by atoms with van der Waals surface area (Å²) < 4.78 is 29.4. The van der Waals surface area contributed by atoms with Crippen molar-refractivity contribution in [3.63, 3.8) is 0 Å². The zero-order chi connectivity index (χ0) is 22.0. The molecule has 1 aromatic heterocycles. The molecule has 1 aliphatic rings. The first-order valence-corrected chi connectivity index (χ1v) is 12.2. The summed E-state index contributed by atoms with van der Waals surface area (Å²) in [5.74, 6) is -0.0780. The Morgan fingerprint density at radius 1 is 1.06 bits per heavy atom. The van der Waals surface area contributed by atoms with Gasteiger partial charge < -0.3 is 9.88 Å². The first-order chi connectivity index (χ1) is 14.9. The summed E-state index contributed by atoms with van der Waals surface area (Å²) >= 11 is 0. The average Bonchev–Trinajstić information content (AvgIpc) is 3.21. The first-order valence-electron chi connectivity index (χ1n) is 10.8. The molecule has 4 rings (SSSR count). The van der Waals surface area contributed by atoms with Gasteiger partial charge in [0, 0.05) is 36.7 Å². The maximum Gasteiger partial charge on any atom is 0.243 e. The van der Waals surface area contributed by atoms with E-state index in [1.54, 1.807) is 22.5 Å². The van der Waals surface area contributed by atoms with Crippen LogP contribution in [0.3, 0.4) is 0 Å². The van der Waals surface area contributed by atoms with Crippen LogP contribution in [-0.4, -0.2) is 36.3 Å². The standard InChI is InChI=1S/C24H29N3O3S/c1-18-8-4-5-9-21(18)17-25-24(28)19(2)27-15-12-20-16-22(10-11-23(20)27)31(29,30)26-13-6-3-7-14-26/h4-5,8-12,15-16,19H,3,6-7,13-14,17H2,1-2H3,(H,25,28)/t19-/m1/s1. The van der Waals surface area contributed by atoms with Crippen LogP contribution in [0.5, 0.6) is 0 Å². The molecule has 0 saturated carbocycles. The number of carbonyl (C=O) groups is 1. The number of hydrogen-bond donors (Lipinski definition) is 1. The molecule has 7 heteroatoms. The molecule has 1 saturated heterocycles. The Bertz CT molecular complexity index is 1190. The van der Waals surface area contributed by atoms with Crippen molar-refractivity contribution < 1.29 is 13.2 Å². The number of nitrogens with one attached hydrogen (secondary N) is 1. The third-order valence-corrected chi connectivity index (χ3v) is 8.05. The van der Waals surface area contributed by atoms with Gasteiger partial charge in [0.1, 0.15) is 6.04 Å². The molecular formula is C24H29N3O3S. The number of amides is 1. The van der Waals surface area contributed by atoms with Gasteiger partial charge >= 0.3 is 0 Å². The molecule has 0 radical (unpaired) electrons. The summed E-state index contributed by atoms with van der Waals surface area (Å²) in [6.45, 7) is 5.52. The molecule has 2 aromatic carbocycles. The van der Waals surface area contributed by atoms with Crippen molar-refractivity contribution in [3.8, 4) is 0 Å². The molecular weight excluding hydrogens is 410 g/mol. The van der Waals surface area contributed by atoms with Crippen molar-refractivity contribution in [2.45, 2.75) is 50.6 Å². The van der Waals surface area contributed by atoms with Crippen LogP contribution in [0.4, 0.5) is 0 Å². The maximum absolute atomic E-state index is 13.0. The summed E-state index contributed by atoms with van der Waals surface area (Å²) in [7, 11) is -3.48. The molecule has 0 bridgehead atoms. The van der Waals surface area contributed by atoms with Crippen molar-refractivity contribution in [1.29, 1.82) is 0 Å². The van der Waals surface area contributed by atoms with E-state index in [1.165, 1.54) is 0 Å². The lowest BCUT2D eigenvalue weighted by Gasteiger charge is -2.26.